The van der Waals surface area contributed by atoms with E-state index < -0.39 is 0 Å². The van der Waals surface area contributed by atoms with Gasteiger partial charge in [0.25, 0.3) is 0 Å². The van der Waals surface area contributed by atoms with Gasteiger partial charge in [-0.3, -0.25) is 0 Å². The number of ether oxygens (including phenoxy) is 1. The number of halogens is 1. The molecule has 0 atom stereocenters. The highest BCUT2D eigenvalue weighted by Crippen LogP contribution is 2.21. The van der Waals surface area contributed by atoms with Gasteiger partial charge in [0.05, 0.1) is 7.11 Å². The molecular formula is C9H7BrO. The van der Waals surface area contributed by atoms with Gasteiger partial charge in [-0.1, -0.05) is 5.92 Å². The molecule has 0 aliphatic rings. The number of hydrogen-bond donors (Lipinski definition) is 0. The van der Waals surface area contributed by atoms with E-state index in [9.17, 15) is 0 Å². The molecule has 0 aromatic heterocycles. The third-order valence-corrected chi connectivity index (χ3v) is 2.02. The summed E-state index contributed by atoms with van der Waals surface area (Å²) in [6, 6.07) is 5.53. The molecule has 1 aromatic carbocycles. The molecule has 2 heteroatoms. The second-order valence-corrected chi connectivity index (χ2v) is 2.84. The predicted molar refractivity (Wildman–Crippen MR) is 48.6 cm³/mol. The van der Waals surface area contributed by atoms with Crippen molar-refractivity contribution in [2.24, 2.45) is 0 Å². The van der Waals surface area contributed by atoms with Gasteiger partial charge in [-0.2, -0.15) is 0 Å². The van der Waals surface area contributed by atoms with Crippen LogP contribution in [0.4, 0.5) is 0 Å². The molecule has 0 aliphatic heterocycles. The summed E-state index contributed by atoms with van der Waals surface area (Å²) in [6.07, 6.45) is 5.24. The Balaban J connectivity index is 3.15. The van der Waals surface area contributed by atoms with Crippen LogP contribution in [0.25, 0.3) is 0 Å². The fraction of sp³-hybridized carbons (Fsp3) is 0.111. The van der Waals surface area contributed by atoms with Crippen molar-refractivity contribution in [3.05, 3.63) is 28.2 Å². The van der Waals surface area contributed by atoms with Crippen molar-refractivity contribution in [2.75, 3.05) is 7.11 Å². The summed E-state index contributed by atoms with van der Waals surface area (Å²) >= 11 is 3.32. The highest BCUT2D eigenvalue weighted by atomic mass is 79.9. The lowest BCUT2D eigenvalue weighted by Gasteiger charge is -2.00. The molecule has 0 spiro atoms. The molecule has 0 radical (unpaired) electrons. The van der Waals surface area contributed by atoms with Crippen LogP contribution in [-0.4, -0.2) is 7.11 Å². The number of benzene rings is 1. The van der Waals surface area contributed by atoms with Crippen LogP contribution in [0, 0.1) is 12.3 Å². The normalized spacial score (nSPS) is 8.82. The van der Waals surface area contributed by atoms with E-state index in [1.54, 1.807) is 7.11 Å². The van der Waals surface area contributed by atoms with Gasteiger partial charge in [-0.25, -0.2) is 0 Å². The van der Waals surface area contributed by atoms with Crippen molar-refractivity contribution in [3.63, 3.8) is 0 Å². The minimum atomic E-state index is 0.779. The Morgan fingerprint density at radius 1 is 1.55 bits per heavy atom. The Hall–Kier alpha value is -0.940. The van der Waals surface area contributed by atoms with E-state index in [0.29, 0.717) is 0 Å². The van der Waals surface area contributed by atoms with Crippen LogP contribution < -0.4 is 4.74 Å². The second-order valence-electron chi connectivity index (χ2n) is 1.99. The molecule has 0 N–H and O–H groups in total. The average Bonchev–Trinajstić information content (AvgIpc) is 2.05. The summed E-state index contributed by atoms with van der Waals surface area (Å²) in [6.45, 7) is 0. The zero-order valence-electron chi connectivity index (χ0n) is 6.10. The molecule has 1 rings (SSSR count). The minimum absolute atomic E-state index is 0.779. The van der Waals surface area contributed by atoms with E-state index in [0.717, 1.165) is 15.8 Å². The largest absolute Gasteiger partial charge is 0.497 e. The van der Waals surface area contributed by atoms with Gasteiger partial charge >= 0.3 is 0 Å². The zero-order chi connectivity index (χ0) is 8.27. The summed E-state index contributed by atoms with van der Waals surface area (Å²) in [5, 5.41) is 0. The average molecular weight is 211 g/mol. The number of terminal acetylenes is 1. The van der Waals surface area contributed by atoms with Crippen molar-refractivity contribution in [2.45, 2.75) is 0 Å². The molecule has 11 heavy (non-hydrogen) atoms. The molecule has 0 fully saturated rings. The Labute approximate surface area is 74.5 Å². The molecule has 0 unspecified atom stereocenters. The highest BCUT2D eigenvalue weighted by Gasteiger charge is 1.97. The Kier molecular flexibility index (Phi) is 2.56. The van der Waals surface area contributed by atoms with Crippen LogP contribution in [0.15, 0.2) is 22.7 Å². The van der Waals surface area contributed by atoms with E-state index in [4.69, 9.17) is 11.2 Å². The van der Waals surface area contributed by atoms with Crippen LogP contribution in [-0.2, 0) is 0 Å². The van der Waals surface area contributed by atoms with Gasteiger partial charge in [0.1, 0.15) is 5.75 Å². The zero-order valence-corrected chi connectivity index (χ0v) is 7.68. The molecule has 0 heterocycles. The van der Waals surface area contributed by atoms with E-state index >= 15 is 0 Å². The van der Waals surface area contributed by atoms with Gasteiger partial charge in [0, 0.05) is 10.0 Å². The summed E-state index contributed by atoms with van der Waals surface area (Å²) in [7, 11) is 1.61. The first-order valence-corrected chi connectivity index (χ1v) is 3.87. The number of hydrogen-bond acceptors (Lipinski definition) is 1. The molecule has 0 aliphatic carbocycles. The van der Waals surface area contributed by atoms with Crippen molar-refractivity contribution in [3.8, 4) is 18.1 Å². The van der Waals surface area contributed by atoms with Crippen molar-refractivity contribution < 1.29 is 4.74 Å². The van der Waals surface area contributed by atoms with Crippen LogP contribution >= 0.6 is 15.9 Å². The Bertz CT molecular complexity index is 299. The smallest absolute Gasteiger partial charge is 0.120 e. The van der Waals surface area contributed by atoms with Gasteiger partial charge < -0.3 is 4.74 Å². The first-order valence-electron chi connectivity index (χ1n) is 3.08. The maximum Gasteiger partial charge on any atom is 0.120 e. The first kappa shape index (κ1) is 8.16. The molecule has 1 nitrogen and oxygen atoms in total. The third-order valence-electron chi connectivity index (χ3n) is 1.33. The quantitative estimate of drug-likeness (QED) is 0.648. The molecule has 0 bridgehead atoms. The van der Waals surface area contributed by atoms with Gasteiger partial charge in [0.15, 0.2) is 0 Å². The minimum Gasteiger partial charge on any atom is -0.497 e. The highest BCUT2D eigenvalue weighted by molar-refractivity contribution is 9.10. The molecule has 0 saturated carbocycles. The lowest BCUT2D eigenvalue weighted by atomic mass is 10.2. The summed E-state index contributed by atoms with van der Waals surface area (Å²) < 4.78 is 5.91. The van der Waals surface area contributed by atoms with Gasteiger partial charge in [-0.15, -0.1) is 6.42 Å². The Morgan fingerprint density at radius 3 is 2.82 bits per heavy atom. The lowest BCUT2D eigenvalue weighted by molar-refractivity contribution is 0.414. The van der Waals surface area contributed by atoms with Crippen LogP contribution in [0.1, 0.15) is 5.56 Å². The molecule has 1 aromatic rings. The maximum atomic E-state index is 5.24. The van der Waals surface area contributed by atoms with Crippen molar-refractivity contribution >= 4 is 15.9 Å². The lowest BCUT2D eigenvalue weighted by Crippen LogP contribution is -1.84. The second kappa shape index (κ2) is 3.45. The monoisotopic (exact) mass is 210 g/mol. The molecule has 0 saturated heterocycles. The van der Waals surface area contributed by atoms with Gasteiger partial charge in [0.2, 0.25) is 0 Å². The van der Waals surface area contributed by atoms with Crippen LogP contribution in [0.2, 0.25) is 0 Å². The van der Waals surface area contributed by atoms with Crippen LogP contribution in [0.5, 0.6) is 5.75 Å². The van der Waals surface area contributed by atoms with E-state index in [1.807, 2.05) is 18.2 Å². The molecule has 56 valence electrons. The SMILES string of the molecule is C#Cc1cc(OC)ccc1Br. The fourth-order valence-corrected chi connectivity index (χ4v) is 1.10. The summed E-state index contributed by atoms with van der Waals surface area (Å²) in [5.41, 5.74) is 0.810. The van der Waals surface area contributed by atoms with Crippen LogP contribution in [0.3, 0.4) is 0 Å². The summed E-state index contributed by atoms with van der Waals surface area (Å²) in [4.78, 5) is 0. The van der Waals surface area contributed by atoms with Gasteiger partial charge in [-0.05, 0) is 34.1 Å². The van der Waals surface area contributed by atoms with Crippen molar-refractivity contribution in [1.29, 1.82) is 0 Å². The van der Waals surface area contributed by atoms with E-state index in [2.05, 4.69) is 21.9 Å². The Morgan fingerprint density at radius 2 is 2.27 bits per heavy atom. The standard InChI is InChI=1S/C9H7BrO/c1-3-7-6-8(11-2)4-5-9(7)10/h1,4-6H,2H3. The maximum absolute atomic E-state index is 5.24. The molecule has 0 amide bonds. The predicted octanol–water partition coefficient (Wildman–Crippen LogP) is 2.44. The van der Waals surface area contributed by atoms with E-state index in [-0.39, 0.29) is 0 Å². The molecular weight excluding hydrogens is 204 g/mol. The fourth-order valence-electron chi connectivity index (χ4n) is 0.742. The van der Waals surface area contributed by atoms with E-state index in [1.165, 1.54) is 0 Å². The number of rotatable bonds is 1. The topological polar surface area (TPSA) is 9.23 Å². The summed E-state index contributed by atoms with van der Waals surface area (Å²) in [5.74, 6) is 3.32. The number of methoxy groups -OCH3 is 1. The third kappa shape index (κ3) is 1.75. The van der Waals surface area contributed by atoms with Crippen molar-refractivity contribution in [1.82, 2.24) is 0 Å². The first-order chi connectivity index (χ1) is 5.27.